The Labute approximate surface area is 310 Å². The van der Waals surface area contributed by atoms with Crippen LogP contribution in [0.2, 0.25) is 5.02 Å². The number of aromatic amines is 1. The van der Waals surface area contributed by atoms with Gasteiger partial charge in [0.1, 0.15) is 6.04 Å². The largest absolute Gasteiger partial charge is 0.351 e. The van der Waals surface area contributed by atoms with Crippen molar-refractivity contribution >= 4 is 47.4 Å². The van der Waals surface area contributed by atoms with Gasteiger partial charge in [0, 0.05) is 52.8 Å². The topological polar surface area (TPSA) is 171 Å². The molecule has 0 bridgehead atoms. The Morgan fingerprint density at radius 1 is 0.961 bits per heavy atom. The molecule has 272 valence electrons. The average molecular weight is 737 g/mol. The summed E-state index contributed by atoms with van der Waals surface area (Å²) in [5, 5.41) is 23.4. The lowest BCUT2D eigenvalue weighted by Crippen LogP contribution is -2.48. The maximum Gasteiger partial charge on any atom is 0.251 e. The van der Waals surface area contributed by atoms with Gasteiger partial charge in [-0.15, -0.1) is 22.6 Å². The van der Waals surface area contributed by atoms with Crippen LogP contribution in [-0.4, -0.2) is 82.0 Å². The van der Waals surface area contributed by atoms with E-state index in [2.05, 4.69) is 55.3 Å². The molecule has 0 spiro atoms. The Bertz CT molecular complexity index is 1710. The van der Waals surface area contributed by atoms with Crippen LogP contribution in [0, 0.1) is 11.8 Å². The first kappa shape index (κ1) is 39.4. The number of aromatic nitrogens is 4. The molecule has 12 nitrogen and oxygen atoms in total. The van der Waals surface area contributed by atoms with Crippen molar-refractivity contribution in [2.45, 2.75) is 52.0 Å². The number of likely N-dealkylation sites (N-methyl/N-ethyl adjacent to an activating group) is 1. The van der Waals surface area contributed by atoms with Gasteiger partial charge in [0.05, 0.1) is 0 Å². The van der Waals surface area contributed by atoms with Gasteiger partial charge in [0.2, 0.25) is 17.6 Å². The van der Waals surface area contributed by atoms with Gasteiger partial charge in [0.15, 0.2) is 0 Å². The monoisotopic (exact) mass is 735 g/mol. The van der Waals surface area contributed by atoms with Gasteiger partial charge in [-0.25, -0.2) is 0 Å². The minimum Gasteiger partial charge on any atom is -0.351 e. The predicted molar refractivity (Wildman–Crippen MR) is 203 cm³/mol. The highest BCUT2D eigenvalue weighted by Crippen LogP contribution is 2.30. The number of anilines is 1. The first-order valence-electron chi connectivity index (χ1n) is 17.3. The molecule has 3 aromatic carbocycles. The molecule has 1 aliphatic carbocycles. The van der Waals surface area contributed by atoms with Crippen LogP contribution in [0.25, 0.3) is 22.5 Å². The van der Waals surface area contributed by atoms with E-state index in [-0.39, 0.29) is 42.5 Å². The fourth-order valence-corrected chi connectivity index (χ4v) is 6.58. The van der Waals surface area contributed by atoms with Crippen LogP contribution in [0.5, 0.6) is 0 Å². The first-order chi connectivity index (χ1) is 24.3. The lowest BCUT2D eigenvalue weighted by molar-refractivity contribution is -0.130. The number of carbonyl (C=O) groups excluding carboxylic acids is 3. The van der Waals surface area contributed by atoms with E-state index in [1.54, 1.807) is 36.4 Å². The smallest absolute Gasteiger partial charge is 0.251 e. The standard InChI is InChI=1S/C37H46ClN9O3.ClH/c1-3-47(4-2)20-19-40-35(48)29-15-18-31(32(38)22-29)26-9-5-24(6-10-26)21-33(42-36(49)28-11-7-25(23-39)8-12-28)37(50)41-30-16-13-27(14-17-30)34-43-45-46-44-34;/h5-6,9-10,13-18,22,25,28,33H,3-4,7-8,11-12,19-21,23,39H2,1-2H3,(H,40,48)(H,41,50)(H,42,49)(H,43,44,45,46);1H/t25-,28-,33-;/m0./s1. The molecule has 0 unspecified atom stereocenters. The predicted octanol–water partition coefficient (Wildman–Crippen LogP) is 5.11. The second-order valence-corrected chi connectivity index (χ2v) is 13.1. The zero-order valence-electron chi connectivity index (χ0n) is 29.0. The molecule has 1 atom stereocenters. The molecular formula is C37H47Cl2N9O3. The van der Waals surface area contributed by atoms with E-state index in [9.17, 15) is 14.4 Å². The molecule has 1 heterocycles. The summed E-state index contributed by atoms with van der Waals surface area (Å²) < 4.78 is 0. The number of carbonyl (C=O) groups is 3. The van der Waals surface area contributed by atoms with Crippen molar-refractivity contribution in [1.82, 2.24) is 36.2 Å². The summed E-state index contributed by atoms with van der Waals surface area (Å²) in [7, 11) is 0. The molecule has 0 saturated heterocycles. The molecule has 1 saturated carbocycles. The summed E-state index contributed by atoms with van der Waals surface area (Å²) in [4.78, 5) is 42.0. The van der Waals surface area contributed by atoms with Crippen molar-refractivity contribution < 1.29 is 14.4 Å². The lowest BCUT2D eigenvalue weighted by Gasteiger charge is -2.28. The van der Waals surface area contributed by atoms with E-state index < -0.39 is 6.04 Å². The van der Waals surface area contributed by atoms with E-state index in [4.69, 9.17) is 17.3 Å². The van der Waals surface area contributed by atoms with E-state index in [1.165, 1.54) is 0 Å². The second kappa shape index (κ2) is 19.3. The summed E-state index contributed by atoms with van der Waals surface area (Å²) in [6.45, 7) is 8.04. The van der Waals surface area contributed by atoms with Crippen molar-refractivity contribution in [1.29, 1.82) is 0 Å². The van der Waals surface area contributed by atoms with Crippen molar-refractivity contribution in [3.63, 3.8) is 0 Å². The summed E-state index contributed by atoms with van der Waals surface area (Å²) in [6.07, 6.45) is 3.61. The SMILES string of the molecule is CCN(CC)CCNC(=O)c1ccc(-c2ccc(C[C@H](NC(=O)[C@H]3CC[C@H](CN)CC3)C(=O)Nc3ccc(-c4nn[nH]n4)cc3)cc2)c(Cl)c1.Cl. The molecule has 5 rings (SSSR count). The molecule has 14 heteroatoms. The average Bonchev–Trinajstić information content (AvgIpc) is 3.69. The summed E-state index contributed by atoms with van der Waals surface area (Å²) in [5.74, 6) is 0.136. The van der Waals surface area contributed by atoms with Gasteiger partial charge in [-0.05, 0) is 104 Å². The van der Waals surface area contributed by atoms with Crippen LogP contribution < -0.4 is 21.7 Å². The number of amides is 3. The molecule has 3 amide bonds. The van der Waals surface area contributed by atoms with Gasteiger partial charge >= 0.3 is 0 Å². The van der Waals surface area contributed by atoms with Gasteiger partial charge in [0.25, 0.3) is 5.91 Å². The maximum absolute atomic E-state index is 13.7. The van der Waals surface area contributed by atoms with E-state index in [1.807, 2.05) is 30.3 Å². The third kappa shape index (κ3) is 10.8. The molecule has 4 aromatic rings. The highest BCUT2D eigenvalue weighted by molar-refractivity contribution is 6.33. The van der Waals surface area contributed by atoms with Gasteiger partial charge < -0.3 is 26.6 Å². The van der Waals surface area contributed by atoms with Crippen LogP contribution in [0.3, 0.4) is 0 Å². The summed E-state index contributed by atoms with van der Waals surface area (Å²) >= 11 is 6.66. The van der Waals surface area contributed by atoms with Crippen LogP contribution in [0.4, 0.5) is 5.69 Å². The minimum atomic E-state index is -0.805. The molecule has 0 radical (unpaired) electrons. The number of benzene rings is 3. The van der Waals surface area contributed by atoms with Gasteiger partial charge in [-0.1, -0.05) is 55.8 Å². The number of hydrogen-bond acceptors (Lipinski definition) is 8. The number of nitrogens with one attached hydrogen (secondary N) is 4. The zero-order chi connectivity index (χ0) is 35.5. The Hall–Kier alpha value is -4.36. The Balaban J connectivity index is 0.00000583. The van der Waals surface area contributed by atoms with E-state index >= 15 is 0 Å². The third-order valence-electron chi connectivity index (χ3n) is 9.48. The van der Waals surface area contributed by atoms with Crippen LogP contribution >= 0.6 is 24.0 Å². The fourth-order valence-electron chi connectivity index (χ4n) is 6.29. The van der Waals surface area contributed by atoms with Crippen molar-refractivity contribution in [3.05, 3.63) is 82.9 Å². The zero-order valence-corrected chi connectivity index (χ0v) is 30.6. The third-order valence-corrected chi connectivity index (χ3v) is 9.80. The van der Waals surface area contributed by atoms with E-state index in [0.717, 1.165) is 67.6 Å². The quantitative estimate of drug-likeness (QED) is 0.112. The highest BCUT2D eigenvalue weighted by atomic mass is 35.5. The molecular weight excluding hydrogens is 689 g/mol. The Morgan fingerprint density at radius 3 is 2.25 bits per heavy atom. The number of halogens is 2. The van der Waals surface area contributed by atoms with Crippen molar-refractivity contribution in [2.75, 3.05) is 38.0 Å². The number of nitrogens with zero attached hydrogens (tertiary/aromatic N) is 4. The molecule has 6 N–H and O–H groups in total. The molecule has 1 aromatic heterocycles. The molecule has 1 aliphatic rings. The number of nitrogens with two attached hydrogens (primary N) is 1. The van der Waals surface area contributed by atoms with E-state index in [0.29, 0.717) is 41.1 Å². The summed E-state index contributed by atoms with van der Waals surface area (Å²) in [6, 6.07) is 19.3. The highest BCUT2D eigenvalue weighted by Gasteiger charge is 2.29. The lowest BCUT2D eigenvalue weighted by atomic mass is 9.81. The Morgan fingerprint density at radius 2 is 1.65 bits per heavy atom. The number of rotatable bonds is 15. The van der Waals surface area contributed by atoms with Gasteiger partial charge in [-0.3, -0.25) is 14.4 Å². The number of tetrazole rings is 1. The van der Waals surface area contributed by atoms with Crippen LogP contribution in [0.15, 0.2) is 66.7 Å². The second-order valence-electron chi connectivity index (χ2n) is 12.7. The number of H-pyrrole nitrogens is 1. The minimum absolute atomic E-state index is 0. The van der Waals surface area contributed by atoms with Gasteiger partial charge in [-0.2, -0.15) is 5.21 Å². The van der Waals surface area contributed by atoms with Crippen LogP contribution in [-0.2, 0) is 16.0 Å². The molecule has 0 aliphatic heterocycles. The molecule has 1 fully saturated rings. The number of hydrogen-bond donors (Lipinski definition) is 5. The van der Waals surface area contributed by atoms with Crippen molar-refractivity contribution in [2.24, 2.45) is 17.6 Å². The normalized spacial score (nSPS) is 16.2. The Kier molecular flexibility index (Phi) is 14.9. The first-order valence-corrected chi connectivity index (χ1v) is 17.7. The molecule has 51 heavy (non-hydrogen) atoms. The maximum atomic E-state index is 13.7. The van der Waals surface area contributed by atoms with Crippen LogP contribution in [0.1, 0.15) is 55.5 Å². The van der Waals surface area contributed by atoms with Crippen molar-refractivity contribution in [3.8, 4) is 22.5 Å². The fraction of sp³-hybridized carbons (Fsp3) is 0.405. The summed E-state index contributed by atoms with van der Waals surface area (Å²) in [5.41, 5.74) is 10.2.